The van der Waals surface area contributed by atoms with E-state index in [0.29, 0.717) is 38.3 Å². The molecule has 0 saturated carbocycles. The van der Waals surface area contributed by atoms with Gasteiger partial charge in [-0.25, -0.2) is 4.98 Å². The second-order valence-electron chi connectivity index (χ2n) is 5.47. The van der Waals surface area contributed by atoms with Crippen LogP contribution in [-0.2, 0) is 0 Å². The summed E-state index contributed by atoms with van der Waals surface area (Å²) in [5.41, 5.74) is 0. The van der Waals surface area contributed by atoms with Gasteiger partial charge in [0.25, 0.3) is 0 Å². The molecule has 0 aromatic carbocycles. The smallest absolute Gasteiger partial charge is 0.401 e. The molecule has 0 unspecified atom stereocenters. The van der Waals surface area contributed by atoms with Crippen LogP contribution in [0.5, 0.6) is 5.75 Å². The van der Waals surface area contributed by atoms with E-state index in [1.807, 2.05) is 0 Å². The molecule has 0 spiro atoms. The summed E-state index contributed by atoms with van der Waals surface area (Å²) in [4.78, 5) is 5.36. The highest BCUT2D eigenvalue weighted by Crippen LogP contribution is 2.23. The van der Waals surface area contributed by atoms with Crippen LogP contribution in [0, 0.1) is 5.92 Å². The lowest BCUT2D eigenvalue weighted by atomic mass is 9.97. The van der Waals surface area contributed by atoms with Crippen molar-refractivity contribution in [3.05, 3.63) is 18.3 Å². The van der Waals surface area contributed by atoms with Crippen molar-refractivity contribution in [1.29, 1.82) is 0 Å². The molecule has 1 aromatic rings. The number of halogens is 5. The summed E-state index contributed by atoms with van der Waals surface area (Å²) in [5, 5.41) is 3.06. The van der Waals surface area contributed by atoms with Gasteiger partial charge in [-0.05, 0) is 44.0 Å². The molecule has 0 aliphatic carbocycles. The lowest BCUT2D eigenvalue weighted by molar-refractivity contribution is -0.148. The number of nitrogens with zero attached hydrogens (tertiary/aromatic N) is 2. The highest BCUT2D eigenvalue weighted by atomic mass is 19.4. The third kappa shape index (κ3) is 6.55. The van der Waals surface area contributed by atoms with E-state index < -0.39 is 19.3 Å². The number of pyridine rings is 1. The van der Waals surface area contributed by atoms with Crippen molar-refractivity contribution in [3.8, 4) is 5.75 Å². The van der Waals surface area contributed by atoms with Crippen LogP contribution in [0.25, 0.3) is 0 Å². The van der Waals surface area contributed by atoms with Crippen molar-refractivity contribution in [3.63, 3.8) is 0 Å². The molecule has 0 atom stereocenters. The molecule has 1 fully saturated rings. The standard InChI is InChI=1S/C14H18F5N3O/c15-13(16)23-11-1-2-12(21-8-11)20-7-10-3-5-22(6-4-10)9-14(17,18)19/h1-2,8,10,13H,3-7,9H2,(H,20,21). The summed E-state index contributed by atoms with van der Waals surface area (Å²) < 4.78 is 65.1. The van der Waals surface area contributed by atoms with Crippen LogP contribution in [0.3, 0.4) is 0 Å². The van der Waals surface area contributed by atoms with E-state index >= 15 is 0 Å². The van der Waals surface area contributed by atoms with E-state index in [4.69, 9.17) is 0 Å². The van der Waals surface area contributed by atoms with Crippen LogP contribution in [0.4, 0.5) is 27.8 Å². The Morgan fingerprint density at radius 2 is 1.96 bits per heavy atom. The number of rotatable bonds is 6. The first kappa shape index (κ1) is 17.7. The van der Waals surface area contributed by atoms with Gasteiger partial charge in [0, 0.05) is 6.54 Å². The molecular weight excluding hydrogens is 321 g/mol. The monoisotopic (exact) mass is 339 g/mol. The summed E-state index contributed by atoms with van der Waals surface area (Å²) in [6.45, 7) is -2.33. The molecule has 4 nitrogen and oxygen atoms in total. The highest BCUT2D eigenvalue weighted by molar-refractivity contribution is 5.37. The maximum Gasteiger partial charge on any atom is 0.401 e. The van der Waals surface area contributed by atoms with Crippen molar-refractivity contribution >= 4 is 5.82 Å². The average Bonchev–Trinajstić information content (AvgIpc) is 2.46. The number of hydrogen-bond acceptors (Lipinski definition) is 4. The molecule has 1 saturated heterocycles. The van der Waals surface area contributed by atoms with E-state index in [-0.39, 0.29) is 11.7 Å². The lowest BCUT2D eigenvalue weighted by Crippen LogP contribution is -2.41. The fourth-order valence-corrected chi connectivity index (χ4v) is 2.51. The Kier molecular flexibility index (Phi) is 5.97. The number of nitrogens with one attached hydrogen (secondary N) is 1. The van der Waals surface area contributed by atoms with Gasteiger partial charge in [0.05, 0.1) is 12.7 Å². The van der Waals surface area contributed by atoms with Gasteiger partial charge in [0.2, 0.25) is 0 Å². The van der Waals surface area contributed by atoms with Crippen molar-refractivity contribution in [2.75, 3.05) is 31.5 Å². The first-order valence-corrected chi connectivity index (χ1v) is 7.25. The van der Waals surface area contributed by atoms with Gasteiger partial charge in [-0.15, -0.1) is 0 Å². The van der Waals surface area contributed by atoms with E-state index in [9.17, 15) is 22.0 Å². The first-order valence-electron chi connectivity index (χ1n) is 7.25. The largest absolute Gasteiger partial charge is 0.433 e. The van der Waals surface area contributed by atoms with Gasteiger partial charge in [-0.1, -0.05) is 0 Å². The normalized spacial score (nSPS) is 17.5. The minimum absolute atomic E-state index is 0.0222. The van der Waals surface area contributed by atoms with Gasteiger partial charge in [-0.3, -0.25) is 4.90 Å². The second kappa shape index (κ2) is 7.76. The Hall–Kier alpha value is -1.64. The Bertz CT molecular complexity index is 472. The second-order valence-corrected chi connectivity index (χ2v) is 5.47. The third-order valence-corrected chi connectivity index (χ3v) is 3.64. The molecule has 130 valence electrons. The van der Waals surface area contributed by atoms with Gasteiger partial charge in [-0.2, -0.15) is 22.0 Å². The predicted octanol–water partition coefficient (Wildman–Crippen LogP) is 3.37. The number of hydrogen-bond donors (Lipinski definition) is 1. The number of alkyl halides is 5. The molecule has 2 rings (SSSR count). The Labute approximate surface area is 130 Å². The van der Waals surface area contributed by atoms with E-state index in [1.165, 1.54) is 23.2 Å². The van der Waals surface area contributed by atoms with Crippen molar-refractivity contribution in [2.45, 2.75) is 25.6 Å². The average molecular weight is 339 g/mol. The van der Waals surface area contributed by atoms with E-state index in [2.05, 4.69) is 15.0 Å². The molecular formula is C14H18F5N3O. The van der Waals surface area contributed by atoms with Gasteiger partial charge < -0.3 is 10.1 Å². The molecule has 0 bridgehead atoms. The van der Waals surface area contributed by atoms with Crippen LogP contribution < -0.4 is 10.1 Å². The highest BCUT2D eigenvalue weighted by Gasteiger charge is 2.32. The van der Waals surface area contributed by atoms with E-state index in [1.54, 1.807) is 0 Å². The Balaban J connectivity index is 1.71. The predicted molar refractivity (Wildman–Crippen MR) is 74.6 cm³/mol. The van der Waals surface area contributed by atoms with Gasteiger partial charge >= 0.3 is 12.8 Å². The number of piperidine rings is 1. The van der Waals surface area contributed by atoms with Crippen LogP contribution in [0.2, 0.25) is 0 Å². The molecule has 2 heterocycles. The molecule has 1 aliphatic rings. The van der Waals surface area contributed by atoms with Gasteiger partial charge in [0.15, 0.2) is 0 Å². The molecule has 0 amide bonds. The van der Waals surface area contributed by atoms with Crippen molar-refractivity contribution < 1.29 is 26.7 Å². The lowest BCUT2D eigenvalue weighted by Gasteiger charge is -2.32. The number of ether oxygens (including phenoxy) is 1. The topological polar surface area (TPSA) is 37.4 Å². The van der Waals surface area contributed by atoms with E-state index in [0.717, 1.165) is 0 Å². The maximum atomic E-state index is 12.3. The minimum atomic E-state index is -4.16. The molecule has 23 heavy (non-hydrogen) atoms. The summed E-state index contributed by atoms with van der Waals surface area (Å²) >= 11 is 0. The Morgan fingerprint density at radius 1 is 1.26 bits per heavy atom. The molecule has 1 aromatic heterocycles. The van der Waals surface area contributed by atoms with Crippen LogP contribution in [0.15, 0.2) is 18.3 Å². The molecule has 1 aliphatic heterocycles. The Morgan fingerprint density at radius 3 is 2.48 bits per heavy atom. The van der Waals surface area contributed by atoms with Crippen molar-refractivity contribution in [1.82, 2.24) is 9.88 Å². The first-order chi connectivity index (χ1) is 10.8. The SMILES string of the molecule is FC(F)Oc1ccc(NCC2CCN(CC(F)(F)F)CC2)nc1. The fraction of sp³-hybridized carbons (Fsp3) is 0.643. The zero-order chi connectivity index (χ0) is 16.9. The maximum absolute atomic E-state index is 12.3. The fourth-order valence-electron chi connectivity index (χ4n) is 2.51. The quantitative estimate of drug-likeness (QED) is 0.807. The third-order valence-electron chi connectivity index (χ3n) is 3.64. The zero-order valence-electron chi connectivity index (χ0n) is 12.3. The number of likely N-dealkylation sites (tertiary alicyclic amines) is 1. The summed E-state index contributed by atoms with van der Waals surface area (Å²) in [5.74, 6) is 0.758. The zero-order valence-corrected chi connectivity index (χ0v) is 12.3. The summed E-state index contributed by atoms with van der Waals surface area (Å²) in [6, 6.07) is 2.91. The molecule has 1 N–H and O–H groups in total. The van der Waals surface area contributed by atoms with Gasteiger partial charge in [0.1, 0.15) is 11.6 Å². The summed E-state index contributed by atoms with van der Waals surface area (Å²) in [7, 11) is 0. The summed E-state index contributed by atoms with van der Waals surface area (Å²) in [6.07, 6.45) is -1.61. The molecule has 9 heteroatoms. The van der Waals surface area contributed by atoms with Crippen molar-refractivity contribution in [2.24, 2.45) is 5.92 Å². The minimum Gasteiger partial charge on any atom is -0.433 e. The molecule has 0 radical (unpaired) electrons. The number of aromatic nitrogens is 1. The van der Waals surface area contributed by atoms with Crippen LogP contribution >= 0.6 is 0 Å². The number of anilines is 1. The van der Waals surface area contributed by atoms with Crippen LogP contribution in [0.1, 0.15) is 12.8 Å². The van der Waals surface area contributed by atoms with Crippen LogP contribution in [-0.4, -0.2) is 48.9 Å².